The molecule has 90 valence electrons. The number of methoxy groups -OCH3 is 1. The number of hydrogen-bond acceptors (Lipinski definition) is 2. The summed E-state index contributed by atoms with van der Waals surface area (Å²) in [6.07, 6.45) is 1.94. The molecule has 0 saturated heterocycles. The minimum Gasteiger partial charge on any atom is -0.382 e. The van der Waals surface area contributed by atoms with Crippen LogP contribution >= 0.6 is 0 Å². The molecule has 0 spiro atoms. The highest BCUT2D eigenvalue weighted by atomic mass is 16.5. The summed E-state index contributed by atoms with van der Waals surface area (Å²) in [6.45, 7) is 2.70. The van der Waals surface area contributed by atoms with Crippen LogP contribution in [0.2, 0.25) is 0 Å². The van der Waals surface area contributed by atoms with E-state index in [-0.39, 0.29) is 6.04 Å². The zero-order chi connectivity index (χ0) is 12.1. The number of nitrogens with one attached hydrogen (secondary N) is 2. The highest BCUT2D eigenvalue weighted by Crippen LogP contribution is 2.21. The minimum atomic E-state index is 0.177. The minimum absolute atomic E-state index is 0.177. The molecule has 0 unspecified atom stereocenters. The Morgan fingerprint density at radius 2 is 2.00 bits per heavy atom. The van der Waals surface area contributed by atoms with E-state index in [1.807, 2.05) is 30.5 Å². The molecule has 0 aliphatic carbocycles. The Labute approximate surface area is 102 Å². The largest absolute Gasteiger partial charge is 0.382 e. The lowest BCUT2D eigenvalue weighted by molar-refractivity contribution is 0.186. The van der Waals surface area contributed by atoms with Crippen molar-refractivity contribution >= 4 is 5.69 Å². The Morgan fingerprint density at radius 1 is 1.24 bits per heavy atom. The lowest BCUT2D eigenvalue weighted by Crippen LogP contribution is -2.16. The monoisotopic (exact) mass is 230 g/mol. The first-order valence-corrected chi connectivity index (χ1v) is 5.75. The lowest BCUT2D eigenvalue weighted by atomic mass is 10.1. The van der Waals surface area contributed by atoms with Gasteiger partial charge in [-0.2, -0.15) is 0 Å². The molecule has 0 aliphatic rings. The van der Waals surface area contributed by atoms with E-state index in [1.54, 1.807) is 7.11 Å². The van der Waals surface area contributed by atoms with E-state index < -0.39 is 0 Å². The normalized spacial score (nSPS) is 12.4. The summed E-state index contributed by atoms with van der Waals surface area (Å²) in [5, 5.41) is 3.49. The number of anilines is 1. The number of H-pyrrole nitrogens is 1. The van der Waals surface area contributed by atoms with Crippen LogP contribution in [0.1, 0.15) is 17.3 Å². The van der Waals surface area contributed by atoms with Gasteiger partial charge in [0, 0.05) is 19.0 Å². The molecule has 1 atom stereocenters. The number of rotatable bonds is 5. The number of ether oxygens (including phenoxy) is 1. The second-order valence-electron chi connectivity index (χ2n) is 4.08. The van der Waals surface area contributed by atoms with Crippen molar-refractivity contribution in [2.75, 3.05) is 19.0 Å². The van der Waals surface area contributed by atoms with E-state index in [0.717, 1.165) is 11.4 Å². The van der Waals surface area contributed by atoms with Gasteiger partial charge in [0.2, 0.25) is 0 Å². The van der Waals surface area contributed by atoms with Crippen LogP contribution in [0.3, 0.4) is 0 Å². The van der Waals surface area contributed by atoms with Crippen molar-refractivity contribution in [3.63, 3.8) is 0 Å². The molecular formula is C14H18N2O. The molecule has 3 nitrogen and oxygen atoms in total. The lowest BCUT2D eigenvalue weighted by Gasteiger charge is -2.19. The number of aromatic nitrogens is 1. The van der Waals surface area contributed by atoms with Crippen molar-refractivity contribution in [1.29, 1.82) is 0 Å². The fourth-order valence-electron chi connectivity index (χ4n) is 1.87. The maximum absolute atomic E-state index is 5.27. The molecule has 0 bridgehead atoms. The van der Waals surface area contributed by atoms with Crippen molar-refractivity contribution in [1.82, 2.24) is 4.98 Å². The van der Waals surface area contributed by atoms with Crippen molar-refractivity contribution in [3.05, 3.63) is 53.9 Å². The summed E-state index contributed by atoms with van der Waals surface area (Å²) in [5.74, 6) is 0. The molecule has 3 heteroatoms. The van der Waals surface area contributed by atoms with E-state index in [0.29, 0.717) is 6.61 Å². The molecule has 17 heavy (non-hydrogen) atoms. The van der Waals surface area contributed by atoms with Crippen LogP contribution in [-0.2, 0) is 4.74 Å². The Balaban J connectivity index is 2.16. The van der Waals surface area contributed by atoms with Crippen LogP contribution in [-0.4, -0.2) is 18.7 Å². The maximum atomic E-state index is 5.27. The van der Waals surface area contributed by atoms with Gasteiger partial charge in [-0.05, 0) is 18.6 Å². The molecule has 2 aromatic rings. The van der Waals surface area contributed by atoms with E-state index in [1.165, 1.54) is 5.56 Å². The third-order valence-corrected chi connectivity index (χ3v) is 2.82. The summed E-state index contributed by atoms with van der Waals surface area (Å²) in [6, 6.07) is 12.6. The third-order valence-electron chi connectivity index (χ3n) is 2.82. The van der Waals surface area contributed by atoms with Crippen molar-refractivity contribution < 1.29 is 4.74 Å². The van der Waals surface area contributed by atoms with E-state index >= 15 is 0 Å². The molecule has 1 heterocycles. The summed E-state index contributed by atoms with van der Waals surface area (Å²) < 4.78 is 5.27. The highest BCUT2D eigenvalue weighted by Gasteiger charge is 2.11. The molecule has 2 N–H and O–H groups in total. The molecule has 1 aromatic heterocycles. The quantitative estimate of drug-likeness (QED) is 0.828. The first-order chi connectivity index (χ1) is 8.31. The molecule has 0 aliphatic heterocycles. The Kier molecular flexibility index (Phi) is 3.83. The topological polar surface area (TPSA) is 37.0 Å². The van der Waals surface area contributed by atoms with Crippen molar-refractivity contribution in [2.24, 2.45) is 0 Å². The van der Waals surface area contributed by atoms with Crippen LogP contribution in [0.25, 0.3) is 0 Å². The van der Waals surface area contributed by atoms with Gasteiger partial charge in [0.15, 0.2) is 0 Å². The number of aryl methyl sites for hydroxylation is 1. The number of benzene rings is 1. The van der Waals surface area contributed by atoms with Gasteiger partial charge < -0.3 is 15.0 Å². The standard InChI is InChI=1S/C14H18N2O/c1-11-13(8-9-15-11)16-14(10-17-2)12-6-4-3-5-7-12/h3-9,14-16H,10H2,1-2H3/t14-/m1/s1. The number of aromatic amines is 1. The van der Waals surface area contributed by atoms with Crippen molar-refractivity contribution in [2.45, 2.75) is 13.0 Å². The van der Waals surface area contributed by atoms with Crippen molar-refractivity contribution in [3.8, 4) is 0 Å². The highest BCUT2D eigenvalue weighted by molar-refractivity contribution is 5.49. The fraction of sp³-hybridized carbons (Fsp3) is 0.286. The molecule has 2 rings (SSSR count). The van der Waals surface area contributed by atoms with Gasteiger partial charge in [-0.15, -0.1) is 0 Å². The van der Waals surface area contributed by atoms with E-state index in [9.17, 15) is 0 Å². The smallest absolute Gasteiger partial charge is 0.0748 e. The fourth-order valence-corrected chi connectivity index (χ4v) is 1.87. The second-order valence-corrected chi connectivity index (χ2v) is 4.08. The maximum Gasteiger partial charge on any atom is 0.0748 e. The van der Waals surface area contributed by atoms with Gasteiger partial charge in [-0.3, -0.25) is 0 Å². The van der Waals surface area contributed by atoms with Gasteiger partial charge in [-0.25, -0.2) is 0 Å². The molecule has 0 amide bonds. The van der Waals surface area contributed by atoms with Crippen LogP contribution < -0.4 is 5.32 Å². The zero-order valence-electron chi connectivity index (χ0n) is 10.2. The Hall–Kier alpha value is -1.74. The summed E-state index contributed by atoms with van der Waals surface area (Å²) >= 11 is 0. The number of hydrogen-bond donors (Lipinski definition) is 2. The van der Waals surface area contributed by atoms with E-state index in [4.69, 9.17) is 4.74 Å². The molecular weight excluding hydrogens is 212 g/mol. The summed E-state index contributed by atoms with van der Waals surface area (Å²) in [7, 11) is 1.72. The van der Waals surface area contributed by atoms with Gasteiger partial charge >= 0.3 is 0 Å². The average Bonchev–Trinajstić information content (AvgIpc) is 2.76. The molecule has 0 saturated carbocycles. The van der Waals surface area contributed by atoms with Gasteiger partial charge in [0.1, 0.15) is 0 Å². The van der Waals surface area contributed by atoms with Crippen LogP contribution in [0.4, 0.5) is 5.69 Å². The zero-order valence-corrected chi connectivity index (χ0v) is 10.2. The molecule has 1 aromatic carbocycles. The van der Waals surface area contributed by atoms with Gasteiger partial charge in [0.05, 0.1) is 18.3 Å². The first kappa shape index (κ1) is 11.7. The Bertz CT molecular complexity index is 450. The van der Waals surface area contributed by atoms with Crippen LogP contribution in [0.5, 0.6) is 0 Å². The molecule has 0 fully saturated rings. The van der Waals surface area contributed by atoms with E-state index in [2.05, 4.69) is 29.4 Å². The Morgan fingerprint density at radius 3 is 2.59 bits per heavy atom. The average molecular weight is 230 g/mol. The summed E-state index contributed by atoms with van der Waals surface area (Å²) in [5.41, 5.74) is 3.49. The van der Waals surface area contributed by atoms with Crippen LogP contribution in [0.15, 0.2) is 42.6 Å². The predicted molar refractivity (Wildman–Crippen MR) is 70.2 cm³/mol. The second kappa shape index (κ2) is 5.55. The van der Waals surface area contributed by atoms with Gasteiger partial charge in [-0.1, -0.05) is 30.3 Å². The van der Waals surface area contributed by atoms with Gasteiger partial charge in [0.25, 0.3) is 0 Å². The van der Waals surface area contributed by atoms with Crippen LogP contribution in [0, 0.1) is 6.92 Å². The summed E-state index contributed by atoms with van der Waals surface area (Å²) in [4.78, 5) is 3.16. The third kappa shape index (κ3) is 2.88. The predicted octanol–water partition coefficient (Wildman–Crippen LogP) is 3.12. The SMILES string of the molecule is COC[C@@H](Nc1cc[nH]c1C)c1ccccc1. The first-order valence-electron chi connectivity index (χ1n) is 5.75. The molecule has 0 radical (unpaired) electrons.